The van der Waals surface area contributed by atoms with Crippen molar-refractivity contribution in [3.8, 4) is 0 Å². The predicted octanol–water partition coefficient (Wildman–Crippen LogP) is 2.74. The van der Waals surface area contributed by atoms with Crippen LogP contribution in [-0.4, -0.2) is 37.3 Å². The van der Waals surface area contributed by atoms with E-state index in [0.29, 0.717) is 13.0 Å². The molecule has 0 unspecified atom stereocenters. The minimum atomic E-state index is -3.49. The van der Waals surface area contributed by atoms with Gasteiger partial charge in [-0.1, -0.05) is 49.1 Å². The Kier molecular flexibility index (Phi) is 5.79. The zero-order valence-corrected chi connectivity index (χ0v) is 15.7. The quantitative estimate of drug-likeness (QED) is 0.874. The molecule has 2 fully saturated rings. The molecule has 1 amide bonds. The van der Waals surface area contributed by atoms with Crippen LogP contribution in [-0.2, 0) is 20.6 Å². The second-order valence-electron chi connectivity index (χ2n) is 7.35. The number of nitrogens with one attached hydrogen (secondary N) is 1. The lowest BCUT2D eigenvalue weighted by atomic mass is 9.95. The summed E-state index contributed by atoms with van der Waals surface area (Å²) in [6.45, 7) is 2.42. The number of hydrogen-bond acceptors (Lipinski definition) is 3. The van der Waals surface area contributed by atoms with E-state index in [0.717, 1.165) is 43.2 Å². The van der Waals surface area contributed by atoms with Gasteiger partial charge in [-0.25, -0.2) is 8.42 Å². The molecule has 138 valence electrons. The van der Waals surface area contributed by atoms with Crippen molar-refractivity contribution in [2.75, 3.05) is 6.54 Å². The Morgan fingerprint density at radius 1 is 1.08 bits per heavy atom. The van der Waals surface area contributed by atoms with Crippen molar-refractivity contribution < 1.29 is 13.2 Å². The first-order chi connectivity index (χ1) is 12.0. The van der Waals surface area contributed by atoms with Gasteiger partial charge in [-0.15, -0.1) is 0 Å². The highest BCUT2D eigenvalue weighted by molar-refractivity contribution is 7.88. The summed E-state index contributed by atoms with van der Waals surface area (Å²) in [4.78, 5) is 12.7. The third-order valence-electron chi connectivity index (χ3n) is 5.28. The first kappa shape index (κ1) is 18.4. The molecule has 0 aromatic heterocycles. The van der Waals surface area contributed by atoms with E-state index in [-0.39, 0.29) is 17.7 Å². The van der Waals surface area contributed by atoms with E-state index in [9.17, 15) is 13.2 Å². The van der Waals surface area contributed by atoms with Crippen LogP contribution in [0, 0.1) is 6.92 Å². The Bertz CT molecular complexity index is 694. The number of amides is 1. The molecule has 1 aromatic rings. The van der Waals surface area contributed by atoms with Crippen LogP contribution < -0.4 is 5.32 Å². The van der Waals surface area contributed by atoms with Crippen molar-refractivity contribution >= 4 is 15.9 Å². The molecule has 1 aromatic carbocycles. The molecule has 0 radical (unpaired) electrons. The molecule has 6 heteroatoms. The lowest BCUT2D eigenvalue weighted by molar-refractivity contribution is -0.125. The second-order valence-corrected chi connectivity index (χ2v) is 9.28. The number of carbonyl (C=O) groups is 1. The van der Waals surface area contributed by atoms with Crippen LogP contribution >= 0.6 is 0 Å². The minimum Gasteiger partial charge on any atom is -0.352 e. The van der Waals surface area contributed by atoms with Gasteiger partial charge in [-0.05, 0) is 38.2 Å². The number of nitrogens with zero attached hydrogens (tertiary/aromatic N) is 1. The summed E-state index contributed by atoms with van der Waals surface area (Å²) in [6.07, 6.45) is 6.90. The van der Waals surface area contributed by atoms with E-state index in [1.54, 1.807) is 0 Å². The molecule has 25 heavy (non-hydrogen) atoms. The van der Waals surface area contributed by atoms with Gasteiger partial charge in [0.2, 0.25) is 15.9 Å². The van der Waals surface area contributed by atoms with E-state index in [4.69, 9.17) is 0 Å². The van der Waals surface area contributed by atoms with Gasteiger partial charge in [0, 0.05) is 12.6 Å². The Hall–Kier alpha value is -1.40. The third kappa shape index (κ3) is 4.61. The van der Waals surface area contributed by atoms with Gasteiger partial charge in [0.15, 0.2) is 0 Å². The Labute approximate surface area is 150 Å². The van der Waals surface area contributed by atoms with Crippen LogP contribution in [0.5, 0.6) is 0 Å². The Balaban J connectivity index is 1.66. The molecule has 1 saturated carbocycles. The predicted molar refractivity (Wildman–Crippen MR) is 98.5 cm³/mol. The minimum absolute atomic E-state index is 0.0412. The summed E-state index contributed by atoms with van der Waals surface area (Å²) < 4.78 is 27.1. The molecule has 5 nitrogen and oxygen atoms in total. The van der Waals surface area contributed by atoms with Gasteiger partial charge in [0.1, 0.15) is 6.04 Å². The van der Waals surface area contributed by atoms with Gasteiger partial charge in [0.05, 0.1) is 5.75 Å². The SMILES string of the molecule is Cc1ccc(CS(=O)(=O)N2CCC[C@H]2C(=O)NC2CCCCC2)cc1. The van der Waals surface area contributed by atoms with E-state index < -0.39 is 16.1 Å². The van der Waals surface area contributed by atoms with Crippen molar-refractivity contribution in [3.05, 3.63) is 35.4 Å². The molecule has 3 rings (SSSR count). The molecule has 1 heterocycles. The highest BCUT2D eigenvalue weighted by Gasteiger charge is 2.39. The maximum atomic E-state index is 12.8. The molecule has 0 bridgehead atoms. The fourth-order valence-electron chi connectivity index (χ4n) is 3.86. The zero-order valence-electron chi connectivity index (χ0n) is 14.9. The van der Waals surface area contributed by atoms with E-state index in [1.165, 1.54) is 10.7 Å². The summed E-state index contributed by atoms with van der Waals surface area (Å²) in [7, 11) is -3.49. The van der Waals surface area contributed by atoms with Gasteiger partial charge >= 0.3 is 0 Å². The van der Waals surface area contributed by atoms with E-state index in [1.807, 2.05) is 31.2 Å². The molecule has 0 spiro atoms. The summed E-state index contributed by atoms with van der Waals surface area (Å²) in [5.74, 6) is -0.155. The summed E-state index contributed by atoms with van der Waals surface area (Å²) in [6, 6.07) is 7.20. The molecule has 1 saturated heterocycles. The lowest BCUT2D eigenvalue weighted by Gasteiger charge is -2.28. The van der Waals surface area contributed by atoms with E-state index >= 15 is 0 Å². The second kappa shape index (κ2) is 7.87. The maximum Gasteiger partial charge on any atom is 0.238 e. The van der Waals surface area contributed by atoms with Crippen molar-refractivity contribution in [2.45, 2.75) is 69.7 Å². The zero-order chi connectivity index (χ0) is 17.9. The number of aryl methyl sites for hydroxylation is 1. The van der Waals surface area contributed by atoms with Crippen molar-refractivity contribution in [1.82, 2.24) is 9.62 Å². The molecular formula is C19H28N2O3S. The van der Waals surface area contributed by atoms with Crippen LogP contribution in [0.1, 0.15) is 56.1 Å². The van der Waals surface area contributed by atoms with Crippen LogP contribution in [0.25, 0.3) is 0 Å². The number of carbonyl (C=O) groups excluding carboxylic acids is 1. The molecular weight excluding hydrogens is 336 g/mol. The Morgan fingerprint density at radius 2 is 1.76 bits per heavy atom. The average molecular weight is 365 g/mol. The number of hydrogen-bond donors (Lipinski definition) is 1. The molecule has 1 aliphatic carbocycles. The topological polar surface area (TPSA) is 66.5 Å². The monoisotopic (exact) mass is 364 g/mol. The summed E-state index contributed by atoms with van der Waals surface area (Å²) in [5, 5.41) is 3.09. The van der Waals surface area contributed by atoms with Gasteiger partial charge < -0.3 is 5.32 Å². The van der Waals surface area contributed by atoms with Crippen LogP contribution in [0.4, 0.5) is 0 Å². The van der Waals surface area contributed by atoms with E-state index in [2.05, 4.69) is 5.32 Å². The standard InChI is InChI=1S/C19H28N2O3S/c1-15-9-11-16(12-10-15)14-25(23,24)21-13-5-8-18(21)19(22)20-17-6-3-2-4-7-17/h9-12,17-18H,2-8,13-14H2,1H3,(H,20,22)/t18-/m0/s1. The number of sulfonamides is 1. The van der Waals surface area contributed by atoms with Crippen LogP contribution in [0.15, 0.2) is 24.3 Å². The highest BCUT2D eigenvalue weighted by Crippen LogP contribution is 2.25. The van der Waals surface area contributed by atoms with Gasteiger partial charge in [-0.2, -0.15) is 4.31 Å². The first-order valence-corrected chi connectivity index (χ1v) is 10.9. The molecule has 1 N–H and O–H groups in total. The number of benzene rings is 1. The molecule has 1 aliphatic heterocycles. The van der Waals surface area contributed by atoms with Crippen molar-refractivity contribution in [2.24, 2.45) is 0 Å². The maximum absolute atomic E-state index is 12.8. The first-order valence-electron chi connectivity index (χ1n) is 9.31. The highest BCUT2D eigenvalue weighted by atomic mass is 32.2. The van der Waals surface area contributed by atoms with Crippen molar-refractivity contribution in [3.63, 3.8) is 0 Å². The fourth-order valence-corrected chi connectivity index (χ4v) is 5.63. The normalized spacial score (nSPS) is 22.8. The molecule has 1 atom stereocenters. The Morgan fingerprint density at radius 3 is 2.44 bits per heavy atom. The average Bonchev–Trinajstić information content (AvgIpc) is 3.09. The van der Waals surface area contributed by atoms with Gasteiger partial charge in [-0.3, -0.25) is 4.79 Å². The van der Waals surface area contributed by atoms with Gasteiger partial charge in [0.25, 0.3) is 0 Å². The largest absolute Gasteiger partial charge is 0.352 e. The lowest BCUT2D eigenvalue weighted by Crippen LogP contribution is -2.49. The fraction of sp³-hybridized carbons (Fsp3) is 0.632. The summed E-state index contributed by atoms with van der Waals surface area (Å²) >= 11 is 0. The van der Waals surface area contributed by atoms with Crippen LogP contribution in [0.3, 0.4) is 0 Å². The number of rotatable bonds is 5. The smallest absolute Gasteiger partial charge is 0.238 e. The summed E-state index contributed by atoms with van der Waals surface area (Å²) in [5.41, 5.74) is 1.87. The van der Waals surface area contributed by atoms with Crippen LogP contribution in [0.2, 0.25) is 0 Å². The molecule has 2 aliphatic rings. The third-order valence-corrected chi connectivity index (χ3v) is 7.13. The van der Waals surface area contributed by atoms with Crippen molar-refractivity contribution in [1.29, 1.82) is 0 Å².